The molecule has 0 radical (unpaired) electrons. The van der Waals surface area contributed by atoms with E-state index in [0.29, 0.717) is 0 Å². The monoisotopic (exact) mass is 289 g/mol. The largest absolute Gasteiger partial charge is 0.480 e. The van der Waals surface area contributed by atoms with E-state index in [1.807, 2.05) is 0 Å². The third-order valence-electron chi connectivity index (χ3n) is 2.26. The second kappa shape index (κ2) is 6.34. The lowest BCUT2D eigenvalue weighted by Gasteiger charge is -2.07. The maximum absolute atomic E-state index is 11.7. The van der Waals surface area contributed by atoms with E-state index in [-0.39, 0.29) is 31.0 Å². The smallest absolute Gasteiger partial charge is 0.323 e. The number of carboxylic acid groups (broad SMARTS) is 1. The van der Waals surface area contributed by atoms with Gasteiger partial charge in [-0.2, -0.15) is 0 Å². The summed E-state index contributed by atoms with van der Waals surface area (Å²) in [5, 5.41) is 16.0. The second-order valence-electron chi connectivity index (χ2n) is 3.89. The number of sulfonamides is 1. The van der Waals surface area contributed by atoms with Gasteiger partial charge < -0.3 is 15.0 Å². The summed E-state index contributed by atoms with van der Waals surface area (Å²) < 4.78 is 22.6. The van der Waals surface area contributed by atoms with Gasteiger partial charge in [-0.15, -0.1) is 0 Å². The van der Waals surface area contributed by atoms with Gasteiger partial charge in [-0.05, 0) is 18.6 Å². The van der Waals surface area contributed by atoms with Crippen molar-refractivity contribution in [2.75, 3.05) is 12.3 Å². The summed E-state index contributed by atoms with van der Waals surface area (Å²) in [6, 6.07) is 3.04. The van der Waals surface area contributed by atoms with E-state index in [0.717, 1.165) is 0 Å². The van der Waals surface area contributed by atoms with E-state index < -0.39 is 21.9 Å². The quantitative estimate of drug-likeness (QED) is 0.553. The molecule has 0 unspecified atom stereocenters. The van der Waals surface area contributed by atoms with Gasteiger partial charge >= 0.3 is 5.97 Å². The van der Waals surface area contributed by atoms with Crippen LogP contribution in [0.3, 0.4) is 0 Å². The zero-order chi connectivity index (χ0) is 14.5. The van der Waals surface area contributed by atoms with E-state index in [4.69, 9.17) is 10.2 Å². The highest BCUT2D eigenvalue weighted by Crippen LogP contribution is 2.02. The molecule has 4 N–H and O–H groups in total. The number of carbonyl (C=O) groups excluding carboxylic acids is 1. The molecule has 9 heteroatoms. The molecular formula is C10H15N3O5S. The Bertz CT molecular complexity index is 563. The maximum atomic E-state index is 11.7. The number of hydrogen-bond acceptors (Lipinski definition) is 4. The first-order valence-corrected chi connectivity index (χ1v) is 7.17. The average Bonchev–Trinajstić information content (AvgIpc) is 2.70. The normalized spacial score (nSPS) is 11.2. The number of nitrogens with zero attached hydrogens (tertiary/aromatic N) is 1. The maximum Gasteiger partial charge on any atom is 0.323 e. The first kappa shape index (κ1) is 15.2. The van der Waals surface area contributed by atoms with E-state index in [1.54, 1.807) is 6.07 Å². The first-order valence-electron chi connectivity index (χ1n) is 5.45. The van der Waals surface area contributed by atoms with Crippen molar-refractivity contribution in [3.63, 3.8) is 0 Å². The van der Waals surface area contributed by atoms with Crippen LogP contribution in [0, 0.1) is 0 Å². The second-order valence-corrected chi connectivity index (χ2v) is 5.63. The fourth-order valence-electron chi connectivity index (χ4n) is 1.47. The van der Waals surface area contributed by atoms with Gasteiger partial charge in [0.1, 0.15) is 12.2 Å². The number of rotatable bonds is 7. The molecule has 1 amide bonds. The van der Waals surface area contributed by atoms with Crippen LogP contribution < -0.4 is 10.5 Å². The molecule has 0 aliphatic heterocycles. The zero-order valence-corrected chi connectivity index (χ0v) is 10.9. The Hall–Kier alpha value is -1.87. The fraction of sp³-hybridized carbons (Fsp3) is 0.400. The molecule has 1 heterocycles. The van der Waals surface area contributed by atoms with Crippen LogP contribution in [0.25, 0.3) is 0 Å². The highest BCUT2D eigenvalue weighted by Gasteiger charge is 2.12. The van der Waals surface area contributed by atoms with Crippen LogP contribution in [0.4, 0.5) is 0 Å². The van der Waals surface area contributed by atoms with Gasteiger partial charge in [0.2, 0.25) is 10.0 Å². The van der Waals surface area contributed by atoms with E-state index in [2.05, 4.69) is 5.32 Å². The van der Waals surface area contributed by atoms with Crippen molar-refractivity contribution in [3.05, 3.63) is 24.0 Å². The molecule has 0 spiro atoms. The predicted molar refractivity (Wildman–Crippen MR) is 67.0 cm³/mol. The topological polar surface area (TPSA) is 131 Å². The van der Waals surface area contributed by atoms with Gasteiger partial charge in [-0.1, -0.05) is 0 Å². The number of primary sulfonamides is 1. The number of nitrogens with one attached hydrogen (secondary N) is 1. The van der Waals surface area contributed by atoms with Crippen molar-refractivity contribution in [2.24, 2.45) is 5.14 Å². The Morgan fingerprint density at radius 3 is 2.68 bits per heavy atom. The van der Waals surface area contributed by atoms with Crippen molar-refractivity contribution >= 4 is 21.9 Å². The van der Waals surface area contributed by atoms with Gasteiger partial charge in [0.05, 0.1) is 5.75 Å². The number of carbonyl (C=O) groups is 2. The molecule has 8 nitrogen and oxygen atoms in total. The standard InChI is InChI=1S/C10H15N3O5S/c11-19(17,18)6-2-4-12-10(16)8-3-1-5-13(8)7-9(14)15/h1,3,5H,2,4,6-7H2,(H,12,16)(H,14,15)(H2,11,17,18). The highest BCUT2D eigenvalue weighted by atomic mass is 32.2. The van der Waals surface area contributed by atoms with E-state index in [1.165, 1.54) is 16.8 Å². The molecule has 1 rings (SSSR count). The number of nitrogens with two attached hydrogens (primary N) is 1. The number of aliphatic carboxylic acids is 1. The summed E-state index contributed by atoms with van der Waals surface area (Å²) in [4.78, 5) is 22.3. The van der Waals surface area contributed by atoms with Gasteiger partial charge in [-0.25, -0.2) is 13.6 Å². The summed E-state index contributed by atoms with van der Waals surface area (Å²) in [5.41, 5.74) is 0.206. The minimum absolute atomic E-state index is 0.146. The molecule has 0 aromatic carbocycles. The zero-order valence-electron chi connectivity index (χ0n) is 10.1. The van der Waals surface area contributed by atoms with E-state index in [9.17, 15) is 18.0 Å². The summed E-state index contributed by atoms with van der Waals surface area (Å²) in [7, 11) is -3.53. The van der Waals surface area contributed by atoms with Gasteiger partial charge in [0, 0.05) is 12.7 Å². The first-order chi connectivity index (χ1) is 8.79. The summed E-state index contributed by atoms with van der Waals surface area (Å²) in [6.45, 7) is -0.166. The van der Waals surface area contributed by atoms with Crippen molar-refractivity contribution in [3.8, 4) is 0 Å². The van der Waals surface area contributed by atoms with Crippen LogP contribution in [-0.2, 0) is 21.4 Å². The molecule has 0 saturated carbocycles. The lowest BCUT2D eigenvalue weighted by atomic mass is 10.3. The number of carboxylic acids is 1. The predicted octanol–water partition coefficient (Wildman–Crippen LogP) is -1.02. The third-order valence-corrected chi connectivity index (χ3v) is 3.12. The minimum atomic E-state index is -3.53. The third kappa shape index (κ3) is 5.53. The van der Waals surface area contributed by atoms with Crippen LogP contribution in [0.15, 0.2) is 18.3 Å². The summed E-state index contributed by atoms with van der Waals surface area (Å²) >= 11 is 0. The number of aromatic nitrogens is 1. The Morgan fingerprint density at radius 2 is 2.11 bits per heavy atom. The summed E-state index contributed by atoms with van der Waals surface area (Å²) in [5.74, 6) is -1.73. The molecule has 0 bridgehead atoms. The molecule has 0 atom stereocenters. The van der Waals surface area contributed by atoms with Gasteiger partial charge in [0.25, 0.3) is 5.91 Å². The van der Waals surface area contributed by atoms with Crippen molar-refractivity contribution in [2.45, 2.75) is 13.0 Å². The Morgan fingerprint density at radius 1 is 1.42 bits per heavy atom. The van der Waals surface area contributed by atoms with Crippen LogP contribution in [0.1, 0.15) is 16.9 Å². The lowest BCUT2D eigenvalue weighted by Crippen LogP contribution is -2.29. The minimum Gasteiger partial charge on any atom is -0.480 e. The molecular weight excluding hydrogens is 274 g/mol. The average molecular weight is 289 g/mol. The molecule has 1 aromatic heterocycles. The Labute approximate surface area is 110 Å². The molecule has 0 saturated heterocycles. The SMILES string of the molecule is NS(=O)(=O)CCCNC(=O)c1cccn1CC(=O)O. The molecule has 0 fully saturated rings. The molecule has 106 valence electrons. The highest BCUT2D eigenvalue weighted by molar-refractivity contribution is 7.89. The molecule has 1 aromatic rings. The summed E-state index contributed by atoms with van der Waals surface area (Å²) in [6.07, 6.45) is 1.68. The van der Waals surface area contributed by atoms with Crippen molar-refractivity contribution in [1.82, 2.24) is 9.88 Å². The number of amides is 1. The lowest BCUT2D eigenvalue weighted by molar-refractivity contribution is -0.137. The Balaban J connectivity index is 2.50. The van der Waals surface area contributed by atoms with Crippen molar-refractivity contribution < 1.29 is 23.1 Å². The van der Waals surface area contributed by atoms with Crippen LogP contribution in [0.2, 0.25) is 0 Å². The van der Waals surface area contributed by atoms with Crippen molar-refractivity contribution in [1.29, 1.82) is 0 Å². The Kier molecular flexibility index (Phi) is 5.07. The fourth-order valence-corrected chi connectivity index (χ4v) is 2.02. The van der Waals surface area contributed by atoms with Crippen LogP contribution in [0.5, 0.6) is 0 Å². The number of hydrogen-bond donors (Lipinski definition) is 3. The molecule has 19 heavy (non-hydrogen) atoms. The van der Waals surface area contributed by atoms with Gasteiger partial charge in [0.15, 0.2) is 0 Å². The van der Waals surface area contributed by atoms with Crippen LogP contribution >= 0.6 is 0 Å². The van der Waals surface area contributed by atoms with Crippen LogP contribution in [-0.4, -0.2) is 42.3 Å². The molecule has 0 aliphatic carbocycles. The molecule has 0 aliphatic rings. The van der Waals surface area contributed by atoms with E-state index >= 15 is 0 Å². The van der Waals surface area contributed by atoms with Gasteiger partial charge in [-0.3, -0.25) is 9.59 Å².